The van der Waals surface area contributed by atoms with Crippen LogP contribution in [0.25, 0.3) is 0 Å². The first-order valence-electron chi connectivity index (χ1n) is 7.07. The van der Waals surface area contributed by atoms with Crippen molar-refractivity contribution in [2.75, 3.05) is 13.1 Å². The number of amides is 1. The molecule has 1 aliphatic carbocycles. The standard InChI is InChI=1S/C15H17F2NO2S/c16-15(17)21-13-4-2-1-3-10(13)14(20)18-7-9-5-6-12(19)11(9)8-18/h1-4,9,11-12,15,19H,5-8H2. The van der Waals surface area contributed by atoms with E-state index in [1.165, 1.54) is 0 Å². The van der Waals surface area contributed by atoms with Crippen LogP contribution in [-0.2, 0) is 0 Å². The largest absolute Gasteiger partial charge is 0.393 e. The van der Waals surface area contributed by atoms with Crippen molar-refractivity contribution in [2.24, 2.45) is 11.8 Å². The third-order valence-corrected chi connectivity index (χ3v) is 5.23. The second kappa shape index (κ2) is 5.93. The lowest BCUT2D eigenvalue weighted by Gasteiger charge is -2.20. The Bertz CT molecular complexity index is 540. The van der Waals surface area contributed by atoms with Crippen LogP contribution in [0.5, 0.6) is 0 Å². The van der Waals surface area contributed by atoms with E-state index in [0.717, 1.165) is 12.8 Å². The summed E-state index contributed by atoms with van der Waals surface area (Å²) in [5.41, 5.74) is 0.331. The molecule has 114 valence electrons. The first-order chi connectivity index (χ1) is 10.1. The predicted octanol–water partition coefficient (Wildman–Crippen LogP) is 2.84. The van der Waals surface area contributed by atoms with Gasteiger partial charge in [0.25, 0.3) is 11.7 Å². The Balaban J connectivity index is 1.77. The third-order valence-electron chi connectivity index (χ3n) is 4.44. The van der Waals surface area contributed by atoms with E-state index >= 15 is 0 Å². The summed E-state index contributed by atoms with van der Waals surface area (Å²) in [5.74, 6) is -2.26. The maximum Gasteiger partial charge on any atom is 0.288 e. The molecule has 6 heteroatoms. The number of likely N-dealkylation sites (tertiary alicyclic amines) is 1. The highest BCUT2D eigenvalue weighted by Gasteiger charge is 2.43. The van der Waals surface area contributed by atoms with Gasteiger partial charge in [-0.15, -0.1) is 0 Å². The molecule has 1 saturated carbocycles. The summed E-state index contributed by atoms with van der Waals surface area (Å²) in [6.07, 6.45) is 1.40. The Kier molecular flexibility index (Phi) is 4.17. The highest BCUT2D eigenvalue weighted by atomic mass is 32.2. The summed E-state index contributed by atoms with van der Waals surface area (Å²) < 4.78 is 25.2. The zero-order chi connectivity index (χ0) is 15.0. The van der Waals surface area contributed by atoms with Crippen molar-refractivity contribution in [1.82, 2.24) is 4.90 Å². The van der Waals surface area contributed by atoms with Gasteiger partial charge < -0.3 is 10.0 Å². The minimum atomic E-state index is -2.54. The quantitative estimate of drug-likeness (QED) is 0.872. The molecule has 0 radical (unpaired) electrons. The number of carbonyl (C=O) groups is 1. The van der Waals surface area contributed by atoms with Gasteiger partial charge >= 0.3 is 0 Å². The molecule has 2 fully saturated rings. The van der Waals surface area contributed by atoms with E-state index in [0.29, 0.717) is 41.2 Å². The number of rotatable bonds is 3. The second-order valence-corrected chi connectivity index (χ2v) is 6.69. The van der Waals surface area contributed by atoms with E-state index in [4.69, 9.17) is 0 Å². The predicted molar refractivity (Wildman–Crippen MR) is 76.4 cm³/mol. The average molecular weight is 313 g/mol. The zero-order valence-corrected chi connectivity index (χ0v) is 12.2. The Morgan fingerprint density at radius 3 is 2.76 bits per heavy atom. The molecule has 3 rings (SSSR count). The Morgan fingerprint density at radius 2 is 2.05 bits per heavy atom. The molecule has 2 aliphatic rings. The summed E-state index contributed by atoms with van der Waals surface area (Å²) >= 11 is 0.404. The number of benzene rings is 1. The number of nitrogens with zero attached hydrogens (tertiary/aromatic N) is 1. The molecule has 3 nitrogen and oxygen atoms in total. The van der Waals surface area contributed by atoms with Gasteiger partial charge in [0, 0.05) is 23.9 Å². The van der Waals surface area contributed by atoms with Gasteiger partial charge in [-0.2, -0.15) is 8.78 Å². The molecule has 0 bridgehead atoms. The van der Waals surface area contributed by atoms with Crippen LogP contribution in [-0.4, -0.2) is 40.9 Å². The van der Waals surface area contributed by atoms with Crippen molar-refractivity contribution < 1.29 is 18.7 Å². The smallest absolute Gasteiger partial charge is 0.288 e. The number of aliphatic hydroxyl groups excluding tert-OH is 1. The fourth-order valence-electron chi connectivity index (χ4n) is 3.41. The van der Waals surface area contributed by atoms with Gasteiger partial charge in [-0.05, 0) is 30.9 Å². The van der Waals surface area contributed by atoms with Crippen LogP contribution in [0.2, 0.25) is 0 Å². The number of thioether (sulfide) groups is 1. The number of halogens is 2. The summed E-state index contributed by atoms with van der Waals surface area (Å²) in [7, 11) is 0. The highest BCUT2D eigenvalue weighted by molar-refractivity contribution is 7.99. The number of hydrogen-bond donors (Lipinski definition) is 1. The number of fused-ring (bicyclic) bond motifs is 1. The molecule has 3 atom stereocenters. The molecule has 1 aromatic rings. The lowest BCUT2D eigenvalue weighted by molar-refractivity contribution is 0.0749. The molecule has 1 N–H and O–H groups in total. The topological polar surface area (TPSA) is 40.5 Å². The molecule has 1 aliphatic heterocycles. The number of carbonyl (C=O) groups excluding carboxylic acids is 1. The van der Waals surface area contributed by atoms with Crippen LogP contribution in [0, 0.1) is 11.8 Å². The van der Waals surface area contributed by atoms with Crippen molar-refractivity contribution in [2.45, 2.75) is 29.6 Å². The van der Waals surface area contributed by atoms with E-state index in [-0.39, 0.29) is 17.9 Å². The fraction of sp³-hybridized carbons (Fsp3) is 0.533. The molecular weight excluding hydrogens is 296 g/mol. The molecule has 1 heterocycles. The molecule has 1 aromatic carbocycles. The highest BCUT2D eigenvalue weighted by Crippen LogP contribution is 2.39. The Morgan fingerprint density at radius 1 is 1.29 bits per heavy atom. The second-order valence-electron chi connectivity index (χ2n) is 5.65. The lowest BCUT2D eigenvalue weighted by Crippen LogP contribution is -2.31. The minimum absolute atomic E-state index is 0.142. The molecular formula is C15H17F2NO2S. The maximum atomic E-state index is 12.6. The number of alkyl halides is 2. The molecule has 0 aromatic heterocycles. The van der Waals surface area contributed by atoms with E-state index in [2.05, 4.69) is 0 Å². The molecule has 21 heavy (non-hydrogen) atoms. The van der Waals surface area contributed by atoms with Gasteiger partial charge in [0.2, 0.25) is 0 Å². The van der Waals surface area contributed by atoms with Crippen molar-refractivity contribution >= 4 is 17.7 Å². The fourth-order valence-corrected chi connectivity index (χ4v) is 4.05. The average Bonchev–Trinajstić information content (AvgIpc) is 3.01. The van der Waals surface area contributed by atoms with Crippen LogP contribution < -0.4 is 0 Å². The van der Waals surface area contributed by atoms with E-state index in [1.54, 1.807) is 29.2 Å². The van der Waals surface area contributed by atoms with E-state index in [9.17, 15) is 18.7 Å². The van der Waals surface area contributed by atoms with E-state index in [1.807, 2.05) is 0 Å². The van der Waals surface area contributed by atoms with Crippen LogP contribution >= 0.6 is 11.8 Å². The molecule has 0 spiro atoms. The Hall–Kier alpha value is -1.14. The summed E-state index contributed by atoms with van der Waals surface area (Å²) in [5, 5.41) is 9.90. The normalized spacial score (nSPS) is 28.2. The van der Waals surface area contributed by atoms with Crippen molar-refractivity contribution in [1.29, 1.82) is 0 Å². The summed E-state index contributed by atoms with van der Waals surface area (Å²) in [6, 6.07) is 6.49. The molecule has 3 unspecified atom stereocenters. The van der Waals surface area contributed by atoms with Crippen LogP contribution in [0.15, 0.2) is 29.2 Å². The van der Waals surface area contributed by atoms with Gasteiger partial charge in [-0.25, -0.2) is 0 Å². The summed E-state index contributed by atoms with van der Waals surface area (Å²) in [6.45, 7) is 1.15. The first-order valence-corrected chi connectivity index (χ1v) is 7.95. The molecule has 1 amide bonds. The Labute approximate surface area is 126 Å². The van der Waals surface area contributed by atoms with Crippen molar-refractivity contribution in [3.8, 4) is 0 Å². The van der Waals surface area contributed by atoms with Crippen LogP contribution in [0.3, 0.4) is 0 Å². The number of hydrogen-bond acceptors (Lipinski definition) is 3. The van der Waals surface area contributed by atoms with Crippen LogP contribution in [0.1, 0.15) is 23.2 Å². The minimum Gasteiger partial charge on any atom is -0.393 e. The van der Waals surface area contributed by atoms with Crippen molar-refractivity contribution in [3.05, 3.63) is 29.8 Å². The van der Waals surface area contributed by atoms with Crippen LogP contribution in [0.4, 0.5) is 8.78 Å². The van der Waals surface area contributed by atoms with Gasteiger partial charge in [0.15, 0.2) is 0 Å². The van der Waals surface area contributed by atoms with Gasteiger partial charge in [0.1, 0.15) is 0 Å². The van der Waals surface area contributed by atoms with Crippen molar-refractivity contribution in [3.63, 3.8) is 0 Å². The lowest BCUT2D eigenvalue weighted by atomic mass is 10.00. The summed E-state index contributed by atoms with van der Waals surface area (Å²) in [4.78, 5) is 14.6. The monoisotopic (exact) mass is 313 g/mol. The zero-order valence-electron chi connectivity index (χ0n) is 11.4. The van der Waals surface area contributed by atoms with Gasteiger partial charge in [-0.1, -0.05) is 23.9 Å². The van der Waals surface area contributed by atoms with Gasteiger partial charge in [-0.3, -0.25) is 4.79 Å². The number of aliphatic hydroxyl groups is 1. The first kappa shape index (κ1) is 14.8. The van der Waals surface area contributed by atoms with E-state index < -0.39 is 5.76 Å². The SMILES string of the molecule is O=C(c1ccccc1SC(F)F)N1CC2CCC(O)C2C1. The van der Waals surface area contributed by atoms with Gasteiger partial charge in [0.05, 0.1) is 11.7 Å². The maximum absolute atomic E-state index is 12.6. The molecule has 1 saturated heterocycles. The third kappa shape index (κ3) is 2.92.